The quantitative estimate of drug-likeness (QED) is 0.550. The lowest BCUT2D eigenvalue weighted by Gasteiger charge is -2.24. The van der Waals surface area contributed by atoms with Gasteiger partial charge in [-0.05, 0) is 19.3 Å². The van der Waals surface area contributed by atoms with E-state index in [-0.39, 0.29) is 0 Å². The number of hydrogen-bond donors (Lipinski definition) is 2. The second kappa shape index (κ2) is 11.6. The summed E-state index contributed by atoms with van der Waals surface area (Å²) in [6.07, 6.45) is 3.85. The molecule has 0 aromatic heterocycles. The van der Waals surface area contributed by atoms with Crippen LogP contribution in [0.25, 0.3) is 0 Å². The summed E-state index contributed by atoms with van der Waals surface area (Å²) in [6, 6.07) is 0.473. The SMILES string of the molecule is CCCCOCCOCC(O)CNC1CCOCC1. The highest BCUT2D eigenvalue weighted by Crippen LogP contribution is 2.05. The summed E-state index contributed by atoms with van der Waals surface area (Å²) in [4.78, 5) is 0. The molecule has 1 rings (SSSR count). The Bertz CT molecular complexity index is 198. The van der Waals surface area contributed by atoms with Crippen molar-refractivity contribution < 1.29 is 19.3 Å². The molecule has 1 aliphatic rings. The minimum Gasteiger partial charge on any atom is -0.389 e. The van der Waals surface area contributed by atoms with Crippen molar-refractivity contribution in [2.75, 3.05) is 46.2 Å². The number of hydrogen-bond acceptors (Lipinski definition) is 5. The normalized spacial score (nSPS) is 18.6. The molecule has 19 heavy (non-hydrogen) atoms. The topological polar surface area (TPSA) is 60.0 Å². The van der Waals surface area contributed by atoms with Gasteiger partial charge < -0.3 is 24.6 Å². The van der Waals surface area contributed by atoms with E-state index in [2.05, 4.69) is 12.2 Å². The number of aliphatic hydroxyl groups excluding tert-OH is 1. The van der Waals surface area contributed by atoms with E-state index >= 15 is 0 Å². The van der Waals surface area contributed by atoms with Gasteiger partial charge in [0, 0.05) is 32.4 Å². The first kappa shape index (κ1) is 16.9. The van der Waals surface area contributed by atoms with Crippen molar-refractivity contribution in [3.05, 3.63) is 0 Å². The van der Waals surface area contributed by atoms with Gasteiger partial charge in [-0.1, -0.05) is 13.3 Å². The van der Waals surface area contributed by atoms with Gasteiger partial charge in [-0.3, -0.25) is 0 Å². The zero-order chi connectivity index (χ0) is 13.8. The highest BCUT2D eigenvalue weighted by molar-refractivity contribution is 4.71. The fourth-order valence-electron chi connectivity index (χ4n) is 1.95. The predicted octanol–water partition coefficient (Wildman–Crippen LogP) is 0.949. The van der Waals surface area contributed by atoms with Gasteiger partial charge in [-0.15, -0.1) is 0 Å². The molecule has 0 spiro atoms. The van der Waals surface area contributed by atoms with Crippen LogP contribution >= 0.6 is 0 Å². The summed E-state index contributed by atoms with van der Waals surface area (Å²) >= 11 is 0. The largest absolute Gasteiger partial charge is 0.389 e. The Kier molecular flexibility index (Phi) is 10.3. The highest BCUT2D eigenvalue weighted by atomic mass is 16.5. The molecule has 114 valence electrons. The fourth-order valence-corrected chi connectivity index (χ4v) is 1.95. The fraction of sp³-hybridized carbons (Fsp3) is 1.00. The molecule has 5 heteroatoms. The van der Waals surface area contributed by atoms with Gasteiger partial charge in [-0.2, -0.15) is 0 Å². The molecule has 1 aliphatic heterocycles. The van der Waals surface area contributed by atoms with Crippen LogP contribution in [0.2, 0.25) is 0 Å². The molecule has 0 radical (unpaired) electrons. The monoisotopic (exact) mass is 275 g/mol. The Balaban J connectivity index is 1.85. The predicted molar refractivity (Wildman–Crippen MR) is 74.4 cm³/mol. The molecule has 2 N–H and O–H groups in total. The molecule has 1 atom stereocenters. The third kappa shape index (κ3) is 9.35. The van der Waals surface area contributed by atoms with Gasteiger partial charge in [0.2, 0.25) is 0 Å². The van der Waals surface area contributed by atoms with Crippen molar-refractivity contribution >= 4 is 0 Å². The van der Waals surface area contributed by atoms with Crippen LogP contribution in [-0.4, -0.2) is 63.4 Å². The average molecular weight is 275 g/mol. The summed E-state index contributed by atoms with van der Waals surface area (Å²) in [7, 11) is 0. The van der Waals surface area contributed by atoms with Crippen LogP contribution in [0.4, 0.5) is 0 Å². The summed E-state index contributed by atoms with van der Waals surface area (Å²) in [5, 5.41) is 13.1. The van der Waals surface area contributed by atoms with E-state index in [1.807, 2.05) is 0 Å². The molecule has 0 aliphatic carbocycles. The van der Waals surface area contributed by atoms with Crippen LogP contribution in [0.3, 0.4) is 0 Å². The second-order valence-corrected chi connectivity index (χ2v) is 4.99. The van der Waals surface area contributed by atoms with E-state index in [4.69, 9.17) is 14.2 Å². The average Bonchev–Trinajstić information content (AvgIpc) is 2.45. The van der Waals surface area contributed by atoms with Crippen LogP contribution in [0, 0.1) is 0 Å². The number of unbranched alkanes of at least 4 members (excludes halogenated alkanes) is 1. The molecule has 0 bridgehead atoms. The van der Waals surface area contributed by atoms with Crippen LogP contribution in [0.1, 0.15) is 32.6 Å². The van der Waals surface area contributed by atoms with Gasteiger partial charge in [-0.25, -0.2) is 0 Å². The molecule has 1 heterocycles. The zero-order valence-electron chi connectivity index (χ0n) is 12.1. The van der Waals surface area contributed by atoms with E-state index in [0.717, 1.165) is 45.5 Å². The van der Waals surface area contributed by atoms with Crippen molar-refractivity contribution in [3.8, 4) is 0 Å². The maximum Gasteiger partial charge on any atom is 0.0897 e. The third-order valence-corrected chi connectivity index (χ3v) is 3.19. The van der Waals surface area contributed by atoms with Crippen LogP contribution < -0.4 is 5.32 Å². The summed E-state index contributed by atoms with van der Waals surface area (Å²) < 4.78 is 16.0. The first-order chi connectivity index (χ1) is 9.33. The van der Waals surface area contributed by atoms with E-state index in [9.17, 15) is 5.11 Å². The molecular formula is C14H29NO4. The maximum absolute atomic E-state index is 9.76. The number of rotatable bonds is 11. The number of aliphatic hydroxyl groups is 1. The Hall–Kier alpha value is -0.200. The molecule has 0 aromatic rings. The molecule has 1 fully saturated rings. The molecule has 0 amide bonds. The highest BCUT2D eigenvalue weighted by Gasteiger charge is 2.14. The van der Waals surface area contributed by atoms with Crippen LogP contribution in [0.5, 0.6) is 0 Å². The zero-order valence-corrected chi connectivity index (χ0v) is 12.1. The van der Waals surface area contributed by atoms with Crippen molar-refractivity contribution in [2.45, 2.75) is 44.8 Å². The Morgan fingerprint density at radius 2 is 1.95 bits per heavy atom. The molecule has 1 unspecified atom stereocenters. The summed E-state index contributed by atoms with van der Waals surface area (Å²) in [6.45, 7) is 6.70. The van der Waals surface area contributed by atoms with Gasteiger partial charge in [0.1, 0.15) is 0 Å². The molecular weight excluding hydrogens is 246 g/mol. The van der Waals surface area contributed by atoms with Crippen molar-refractivity contribution in [1.29, 1.82) is 0 Å². The van der Waals surface area contributed by atoms with Crippen LogP contribution in [0.15, 0.2) is 0 Å². The van der Waals surface area contributed by atoms with E-state index in [1.54, 1.807) is 0 Å². The summed E-state index contributed by atoms with van der Waals surface area (Å²) in [5.41, 5.74) is 0. The van der Waals surface area contributed by atoms with E-state index < -0.39 is 6.10 Å². The first-order valence-corrected chi connectivity index (χ1v) is 7.47. The standard InChI is InChI=1S/C14H29NO4/c1-2-3-6-17-9-10-19-12-14(16)11-15-13-4-7-18-8-5-13/h13-16H,2-12H2,1H3. The van der Waals surface area contributed by atoms with Gasteiger partial charge in [0.15, 0.2) is 0 Å². The van der Waals surface area contributed by atoms with Gasteiger partial charge in [0.25, 0.3) is 0 Å². The number of ether oxygens (including phenoxy) is 3. The Morgan fingerprint density at radius 3 is 2.68 bits per heavy atom. The minimum absolute atomic E-state index is 0.368. The third-order valence-electron chi connectivity index (χ3n) is 3.19. The van der Waals surface area contributed by atoms with Crippen molar-refractivity contribution in [3.63, 3.8) is 0 Å². The number of nitrogens with one attached hydrogen (secondary N) is 1. The smallest absolute Gasteiger partial charge is 0.0897 e. The molecule has 5 nitrogen and oxygen atoms in total. The van der Waals surface area contributed by atoms with Crippen molar-refractivity contribution in [1.82, 2.24) is 5.32 Å². The van der Waals surface area contributed by atoms with E-state index in [0.29, 0.717) is 32.4 Å². The molecule has 0 aromatic carbocycles. The van der Waals surface area contributed by atoms with E-state index in [1.165, 1.54) is 0 Å². The van der Waals surface area contributed by atoms with Gasteiger partial charge >= 0.3 is 0 Å². The summed E-state index contributed by atoms with van der Waals surface area (Å²) in [5.74, 6) is 0. The second-order valence-electron chi connectivity index (χ2n) is 4.99. The lowest BCUT2D eigenvalue weighted by Crippen LogP contribution is -2.40. The lowest BCUT2D eigenvalue weighted by atomic mass is 10.1. The minimum atomic E-state index is -0.446. The Labute approximate surface area is 116 Å². The van der Waals surface area contributed by atoms with Crippen molar-refractivity contribution in [2.24, 2.45) is 0 Å². The van der Waals surface area contributed by atoms with Crippen LogP contribution in [-0.2, 0) is 14.2 Å². The van der Waals surface area contributed by atoms with Gasteiger partial charge in [0.05, 0.1) is 25.9 Å². The lowest BCUT2D eigenvalue weighted by molar-refractivity contribution is 0.00122. The first-order valence-electron chi connectivity index (χ1n) is 7.47. The molecule has 1 saturated heterocycles. The molecule has 0 saturated carbocycles. The Morgan fingerprint density at radius 1 is 1.21 bits per heavy atom. The maximum atomic E-state index is 9.76.